The molecule has 0 amide bonds. The average Bonchev–Trinajstić information content (AvgIpc) is 2.53. The maximum atomic E-state index is 11.9. The van der Waals surface area contributed by atoms with Crippen LogP contribution in [0.15, 0.2) is 21.4 Å². The zero-order chi connectivity index (χ0) is 14.3. The number of aromatic nitrogens is 2. The Morgan fingerprint density at radius 2 is 1.74 bits per heavy atom. The van der Waals surface area contributed by atoms with E-state index in [0.717, 1.165) is 27.5 Å². The summed E-state index contributed by atoms with van der Waals surface area (Å²) in [6, 6.07) is 3.98. The molecule has 0 spiro atoms. The van der Waals surface area contributed by atoms with Crippen LogP contribution in [0.3, 0.4) is 0 Å². The Kier molecular flexibility index (Phi) is 3.87. The third-order valence-corrected chi connectivity index (χ3v) is 4.20. The van der Waals surface area contributed by atoms with Gasteiger partial charge in [0.05, 0.1) is 11.0 Å². The van der Waals surface area contributed by atoms with E-state index >= 15 is 0 Å². The van der Waals surface area contributed by atoms with E-state index in [2.05, 4.69) is 29.8 Å². The Labute approximate surface area is 121 Å². The van der Waals surface area contributed by atoms with Crippen LogP contribution in [0.5, 0.6) is 0 Å². The van der Waals surface area contributed by atoms with Gasteiger partial charge in [-0.15, -0.1) is 0 Å². The van der Waals surface area contributed by atoms with E-state index in [1.807, 2.05) is 12.1 Å². The fourth-order valence-electron chi connectivity index (χ4n) is 2.45. The van der Waals surface area contributed by atoms with E-state index in [0.29, 0.717) is 5.92 Å². The summed E-state index contributed by atoms with van der Waals surface area (Å²) in [6.45, 7) is 4.31. The monoisotopic (exact) mass is 325 g/mol. The van der Waals surface area contributed by atoms with Gasteiger partial charge in [0.15, 0.2) is 0 Å². The second-order valence-corrected chi connectivity index (χ2v) is 6.35. The van der Waals surface area contributed by atoms with E-state index in [-0.39, 0.29) is 11.7 Å². The highest BCUT2D eigenvalue weighted by atomic mass is 79.9. The Hall–Kier alpha value is -1.07. The van der Waals surface area contributed by atoms with Crippen molar-refractivity contribution in [2.24, 2.45) is 25.7 Å². The molecule has 104 valence electrons. The molecule has 0 saturated carbocycles. The first-order valence-electron chi connectivity index (χ1n) is 6.43. The molecule has 19 heavy (non-hydrogen) atoms. The van der Waals surface area contributed by atoms with Crippen LogP contribution in [0, 0.1) is 5.92 Å². The number of rotatable bonds is 3. The number of hydrogen-bond donors (Lipinski definition) is 1. The number of halogens is 1. The van der Waals surface area contributed by atoms with Crippen molar-refractivity contribution >= 4 is 27.0 Å². The van der Waals surface area contributed by atoms with Gasteiger partial charge >= 0.3 is 5.69 Å². The van der Waals surface area contributed by atoms with Crippen LogP contribution in [0.1, 0.15) is 31.9 Å². The molecule has 0 aliphatic heterocycles. The zero-order valence-electron chi connectivity index (χ0n) is 11.8. The minimum absolute atomic E-state index is 0.0171. The van der Waals surface area contributed by atoms with Crippen molar-refractivity contribution < 1.29 is 0 Å². The first-order chi connectivity index (χ1) is 8.82. The van der Waals surface area contributed by atoms with Gasteiger partial charge in [-0.05, 0) is 30.0 Å². The zero-order valence-corrected chi connectivity index (χ0v) is 13.4. The molecule has 2 rings (SSSR count). The van der Waals surface area contributed by atoms with Crippen molar-refractivity contribution in [1.82, 2.24) is 9.13 Å². The molecule has 2 aromatic rings. The Morgan fingerprint density at radius 3 is 2.26 bits per heavy atom. The lowest BCUT2D eigenvalue weighted by Gasteiger charge is -2.16. The number of imidazole rings is 1. The lowest BCUT2D eigenvalue weighted by Crippen LogP contribution is -2.19. The van der Waals surface area contributed by atoms with Gasteiger partial charge in [-0.3, -0.25) is 9.13 Å². The molecule has 5 heteroatoms. The summed E-state index contributed by atoms with van der Waals surface area (Å²) < 4.78 is 4.28. The molecular weight excluding hydrogens is 306 g/mol. The summed E-state index contributed by atoms with van der Waals surface area (Å²) in [5, 5.41) is 0. The van der Waals surface area contributed by atoms with Crippen molar-refractivity contribution in [3.8, 4) is 0 Å². The molecule has 1 aromatic carbocycles. The van der Waals surface area contributed by atoms with Crippen molar-refractivity contribution in [3.63, 3.8) is 0 Å². The summed E-state index contributed by atoms with van der Waals surface area (Å²) in [7, 11) is 3.57. The van der Waals surface area contributed by atoms with Crippen LogP contribution in [0.4, 0.5) is 0 Å². The molecule has 0 saturated heterocycles. The van der Waals surface area contributed by atoms with Gasteiger partial charge in [-0.1, -0.05) is 29.8 Å². The third kappa shape index (κ3) is 2.49. The number of nitrogens with zero attached hydrogens (tertiary/aromatic N) is 2. The summed E-state index contributed by atoms with van der Waals surface area (Å²) in [5.74, 6) is 0.539. The third-order valence-electron chi connectivity index (χ3n) is 3.52. The minimum atomic E-state index is -0.0194. The molecule has 2 N–H and O–H groups in total. The van der Waals surface area contributed by atoms with Crippen molar-refractivity contribution in [2.75, 3.05) is 0 Å². The van der Waals surface area contributed by atoms with Crippen LogP contribution in [-0.4, -0.2) is 9.13 Å². The smallest absolute Gasteiger partial charge is 0.324 e. The van der Waals surface area contributed by atoms with Gasteiger partial charge in [-0.2, -0.15) is 0 Å². The maximum Gasteiger partial charge on any atom is 0.328 e. The second-order valence-electron chi connectivity index (χ2n) is 5.50. The summed E-state index contributed by atoms with van der Waals surface area (Å²) in [6.07, 6.45) is 0.922. The van der Waals surface area contributed by atoms with E-state index in [4.69, 9.17) is 5.73 Å². The molecule has 1 heterocycles. The predicted molar refractivity (Wildman–Crippen MR) is 82.2 cm³/mol. The van der Waals surface area contributed by atoms with Crippen LogP contribution >= 0.6 is 15.9 Å². The summed E-state index contributed by atoms with van der Waals surface area (Å²) in [4.78, 5) is 11.9. The molecule has 1 atom stereocenters. The van der Waals surface area contributed by atoms with Crippen molar-refractivity contribution in [2.45, 2.75) is 26.3 Å². The Bertz CT molecular complexity index is 669. The van der Waals surface area contributed by atoms with E-state index in [9.17, 15) is 4.79 Å². The predicted octanol–water partition coefficient (Wildman–Crippen LogP) is 2.69. The number of benzene rings is 1. The maximum absolute atomic E-state index is 11.9. The summed E-state index contributed by atoms with van der Waals surface area (Å²) in [5.41, 5.74) is 9.14. The number of aryl methyl sites for hydroxylation is 2. The highest BCUT2D eigenvalue weighted by Gasteiger charge is 2.16. The van der Waals surface area contributed by atoms with Crippen LogP contribution in [0.25, 0.3) is 11.0 Å². The largest absolute Gasteiger partial charge is 0.328 e. The highest BCUT2D eigenvalue weighted by molar-refractivity contribution is 9.10. The van der Waals surface area contributed by atoms with Gasteiger partial charge in [0.2, 0.25) is 0 Å². The van der Waals surface area contributed by atoms with Gasteiger partial charge in [0.1, 0.15) is 0 Å². The molecule has 0 aliphatic carbocycles. The molecule has 0 aliphatic rings. The average molecular weight is 326 g/mol. The molecule has 1 aromatic heterocycles. The van der Waals surface area contributed by atoms with Gasteiger partial charge < -0.3 is 5.73 Å². The Morgan fingerprint density at radius 1 is 1.21 bits per heavy atom. The lowest BCUT2D eigenvalue weighted by molar-refractivity contribution is 0.509. The standard InChI is InChI=1S/C14H20BrN3O/c1-8(2)5-11(16)9-6-12-13(7-10(9)15)18(4)14(19)17(12)3/h6-8,11H,5,16H2,1-4H3. The van der Waals surface area contributed by atoms with Gasteiger partial charge in [0.25, 0.3) is 0 Å². The van der Waals surface area contributed by atoms with E-state index in [1.54, 1.807) is 23.2 Å². The van der Waals surface area contributed by atoms with Crippen LogP contribution in [0.2, 0.25) is 0 Å². The number of nitrogens with two attached hydrogens (primary N) is 1. The van der Waals surface area contributed by atoms with Crippen LogP contribution in [-0.2, 0) is 14.1 Å². The second kappa shape index (κ2) is 5.13. The minimum Gasteiger partial charge on any atom is -0.324 e. The normalized spacial score (nSPS) is 13.4. The molecule has 1 unspecified atom stereocenters. The molecule has 0 fully saturated rings. The fourth-order valence-corrected chi connectivity index (χ4v) is 3.08. The van der Waals surface area contributed by atoms with Gasteiger partial charge in [0, 0.05) is 24.6 Å². The highest BCUT2D eigenvalue weighted by Crippen LogP contribution is 2.30. The van der Waals surface area contributed by atoms with Gasteiger partial charge in [-0.25, -0.2) is 4.79 Å². The van der Waals surface area contributed by atoms with E-state index in [1.165, 1.54) is 0 Å². The van der Waals surface area contributed by atoms with Crippen molar-refractivity contribution in [3.05, 3.63) is 32.7 Å². The topological polar surface area (TPSA) is 52.9 Å². The van der Waals surface area contributed by atoms with E-state index < -0.39 is 0 Å². The molecule has 4 nitrogen and oxygen atoms in total. The molecule has 0 bridgehead atoms. The first-order valence-corrected chi connectivity index (χ1v) is 7.22. The Balaban J connectivity index is 2.62. The fraction of sp³-hybridized carbons (Fsp3) is 0.500. The number of hydrogen-bond acceptors (Lipinski definition) is 2. The summed E-state index contributed by atoms with van der Waals surface area (Å²) >= 11 is 3.57. The first kappa shape index (κ1) is 14.3. The van der Waals surface area contributed by atoms with Crippen molar-refractivity contribution in [1.29, 1.82) is 0 Å². The van der Waals surface area contributed by atoms with Crippen LogP contribution < -0.4 is 11.4 Å². The lowest BCUT2D eigenvalue weighted by atomic mass is 9.97. The SMILES string of the molecule is CC(C)CC(N)c1cc2c(cc1Br)n(C)c(=O)n2C. The quantitative estimate of drug-likeness (QED) is 0.943. The number of fused-ring (bicyclic) bond motifs is 1. The molecule has 0 radical (unpaired) electrons. The molecular formula is C14H20BrN3O.